The molecule has 6 rings (SSSR count). The molecule has 2 fully saturated rings. The molecule has 2 saturated heterocycles. The number of imide groups is 2. The lowest BCUT2D eigenvalue weighted by molar-refractivity contribution is -0.132. The second-order valence-electron chi connectivity index (χ2n) is 9.78. The highest BCUT2D eigenvalue weighted by Gasteiger charge is 2.54. The number of urea groups is 2. The van der Waals surface area contributed by atoms with E-state index in [4.69, 9.17) is 9.79 Å². The van der Waals surface area contributed by atoms with Crippen LogP contribution in [0.4, 0.5) is 9.59 Å². The number of phosphoric acid groups is 1. The summed E-state index contributed by atoms with van der Waals surface area (Å²) in [5, 5.41) is 7.71. The van der Waals surface area contributed by atoms with E-state index in [-0.39, 0.29) is 5.91 Å². The largest absolute Gasteiger partial charge is 0.471 e. The molecule has 2 aliphatic heterocycles. The zero-order valence-electron chi connectivity index (χ0n) is 23.0. The molecule has 0 aliphatic carbocycles. The van der Waals surface area contributed by atoms with Crippen LogP contribution in [-0.2, 0) is 29.8 Å². The maximum Gasteiger partial charge on any atom is 0.471 e. The predicted octanol–water partition coefficient (Wildman–Crippen LogP) is 3.32. The topological polar surface area (TPSA) is 174 Å². The molecule has 5 N–H and O–H groups in total. The van der Waals surface area contributed by atoms with Gasteiger partial charge in [-0.1, -0.05) is 121 Å². The molecule has 0 unspecified atom stereocenters. The molecule has 0 radical (unpaired) electrons. The van der Waals surface area contributed by atoms with Gasteiger partial charge in [-0.25, -0.2) is 19.1 Å². The third-order valence-electron chi connectivity index (χ3n) is 7.16. The van der Waals surface area contributed by atoms with Crippen molar-refractivity contribution in [2.24, 2.45) is 0 Å². The number of rotatable bonds is 7. The van der Waals surface area contributed by atoms with Crippen LogP contribution >= 0.6 is 7.82 Å². The van der Waals surface area contributed by atoms with Gasteiger partial charge in [0.05, 0.1) is 0 Å². The van der Waals surface area contributed by atoms with Gasteiger partial charge in [0.25, 0.3) is 11.8 Å². The van der Waals surface area contributed by atoms with E-state index >= 15 is 0 Å². The Morgan fingerprint density at radius 1 is 0.614 bits per heavy atom. The zero-order valence-corrected chi connectivity index (χ0v) is 23.9. The molecule has 12 nitrogen and oxygen atoms in total. The number of benzene rings is 4. The van der Waals surface area contributed by atoms with E-state index in [9.17, 15) is 23.7 Å². The number of nitrogens with zero attached hydrogens (tertiary/aromatic N) is 1. The van der Waals surface area contributed by atoms with E-state index in [0.29, 0.717) is 16.0 Å². The van der Waals surface area contributed by atoms with E-state index < -0.39 is 43.6 Å². The Balaban J connectivity index is 0.000000181. The minimum Gasteiger partial charge on any atom is -0.316 e. The quantitative estimate of drug-likeness (QED) is 0.156. The molecule has 0 atom stereocenters. The summed E-state index contributed by atoms with van der Waals surface area (Å²) in [5.41, 5.74) is -0.0946. The van der Waals surface area contributed by atoms with Gasteiger partial charge >= 0.3 is 19.9 Å². The van der Waals surface area contributed by atoms with Gasteiger partial charge in [0.1, 0.15) is 6.73 Å². The molecule has 0 saturated carbocycles. The Kier molecular flexibility index (Phi) is 8.43. The fourth-order valence-electron chi connectivity index (χ4n) is 5.17. The normalized spacial score (nSPS) is 16.8. The van der Waals surface area contributed by atoms with E-state index in [0.717, 1.165) is 11.1 Å². The van der Waals surface area contributed by atoms with Gasteiger partial charge in [-0.2, -0.15) is 0 Å². The van der Waals surface area contributed by atoms with Crippen LogP contribution in [0.25, 0.3) is 0 Å². The SMILES string of the molecule is O=C1NC(=O)C(c2ccccc2)(c2ccccc2)N1.O=C1NC(c2ccccc2)(c2ccccc2)C(=O)N1COP(=O)(O)O. The van der Waals surface area contributed by atoms with Crippen molar-refractivity contribution in [3.05, 3.63) is 144 Å². The van der Waals surface area contributed by atoms with Crippen LogP contribution in [0, 0.1) is 0 Å². The first kappa shape index (κ1) is 30.3. The molecule has 13 heteroatoms. The minimum atomic E-state index is -4.83. The van der Waals surface area contributed by atoms with Crippen LogP contribution in [0.3, 0.4) is 0 Å². The van der Waals surface area contributed by atoms with E-state index in [2.05, 4.69) is 20.5 Å². The van der Waals surface area contributed by atoms with E-state index in [1.165, 1.54) is 0 Å². The highest BCUT2D eigenvalue weighted by molar-refractivity contribution is 7.46. The molecular formula is C31H27N4O8P. The maximum atomic E-state index is 13.1. The third kappa shape index (κ3) is 5.75. The highest BCUT2D eigenvalue weighted by Crippen LogP contribution is 2.39. The first-order chi connectivity index (χ1) is 21.1. The second kappa shape index (κ2) is 12.2. The summed E-state index contributed by atoms with van der Waals surface area (Å²) in [7, 11) is -4.83. The Hall–Kier alpha value is -5.13. The molecule has 0 spiro atoms. The number of carbonyl (C=O) groups is 4. The van der Waals surface area contributed by atoms with Gasteiger partial charge in [0.2, 0.25) is 0 Å². The van der Waals surface area contributed by atoms with Gasteiger partial charge in [-0.15, -0.1) is 0 Å². The van der Waals surface area contributed by atoms with E-state index in [1.807, 2.05) is 60.7 Å². The number of amides is 6. The van der Waals surface area contributed by atoms with Crippen LogP contribution in [0.15, 0.2) is 121 Å². The molecule has 6 amide bonds. The smallest absolute Gasteiger partial charge is 0.316 e. The highest BCUT2D eigenvalue weighted by atomic mass is 31.2. The predicted molar refractivity (Wildman–Crippen MR) is 157 cm³/mol. The van der Waals surface area contributed by atoms with Crippen LogP contribution in [0.5, 0.6) is 0 Å². The summed E-state index contributed by atoms with van der Waals surface area (Å²) < 4.78 is 15.2. The Bertz CT molecular complexity index is 1640. The summed E-state index contributed by atoms with van der Waals surface area (Å²) in [6.07, 6.45) is 0. The molecule has 2 aliphatic rings. The number of carbonyl (C=O) groups excluding carboxylic acids is 4. The average molecular weight is 615 g/mol. The Labute approximate surface area is 251 Å². The van der Waals surface area contributed by atoms with Gasteiger partial charge in [0.15, 0.2) is 11.1 Å². The van der Waals surface area contributed by atoms with Crippen LogP contribution in [0.1, 0.15) is 22.3 Å². The molecule has 2 heterocycles. The lowest BCUT2D eigenvalue weighted by atomic mass is 9.83. The molecule has 4 aromatic carbocycles. The van der Waals surface area contributed by atoms with Crippen LogP contribution in [0.2, 0.25) is 0 Å². The monoisotopic (exact) mass is 614 g/mol. The van der Waals surface area contributed by atoms with Crippen LogP contribution < -0.4 is 16.0 Å². The molecule has 224 valence electrons. The van der Waals surface area contributed by atoms with Crippen molar-refractivity contribution in [3.8, 4) is 0 Å². The lowest BCUT2D eigenvalue weighted by Crippen LogP contribution is -2.45. The van der Waals surface area contributed by atoms with Gasteiger partial charge in [0, 0.05) is 0 Å². The van der Waals surface area contributed by atoms with Crippen molar-refractivity contribution in [2.45, 2.75) is 11.1 Å². The molecule has 4 aromatic rings. The van der Waals surface area contributed by atoms with Crippen molar-refractivity contribution >= 4 is 31.7 Å². The molecule has 0 aromatic heterocycles. The summed E-state index contributed by atoms with van der Waals surface area (Å²) in [4.78, 5) is 67.6. The minimum absolute atomic E-state index is 0.352. The first-order valence-corrected chi connectivity index (χ1v) is 14.8. The van der Waals surface area contributed by atoms with Crippen molar-refractivity contribution in [1.82, 2.24) is 20.9 Å². The van der Waals surface area contributed by atoms with Gasteiger partial charge < -0.3 is 20.4 Å². The molecule has 44 heavy (non-hydrogen) atoms. The first-order valence-electron chi connectivity index (χ1n) is 13.3. The number of hydrogen-bond acceptors (Lipinski definition) is 6. The van der Waals surface area contributed by atoms with Gasteiger partial charge in [-0.3, -0.25) is 19.4 Å². The fraction of sp³-hybridized carbons (Fsp3) is 0.0968. The van der Waals surface area contributed by atoms with Gasteiger partial charge in [-0.05, 0) is 22.3 Å². The standard InChI is InChI=1S/C16H15N2O6P.C15H12N2O2/c19-14-16(12-7-3-1-4-8-12,13-9-5-2-6-10-13)17-15(20)18(14)11-24-25(21,22)23;18-13-15(17-14(19)16-13,11-7-3-1-4-8-11)12-9-5-2-6-10-12/h1-10H,11H2,(H,17,20)(H2,21,22,23);1-10H,(H2,16,17,18,19). The molecule has 0 bridgehead atoms. The van der Waals surface area contributed by atoms with Crippen molar-refractivity contribution in [3.63, 3.8) is 0 Å². The summed E-state index contributed by atoms with van der Waals surface area (Å²) >= 11 is 0. The zero-order chi connectivity index (χ0) is 31.4. The third-order valence-corrected chi connectivity index (χ3v) is 7.61. The van der Waals surface area contributed by atoms with Crippen molar-refractivity contribution in [1.29, 1.82) is 0 Å². The summed E-state index contributed by atoms with van der Waals surface area (Å²) in [5.74, 6) is -1.03. The summed E-state index contributed by atoms with van der Waals surface area (Å²) in [6, 6.07) is 34.4. The Morgan fingerprint density at radius 2 is 1.00 bits per heavy atom. The summed E-state index contributed by atoms with van der Waals surface area (Å²) in [6.45, 7) is -0.851. The number of nitrogens with one attached hydrogen (secondary N) is 3. The van der Waals surface area contributed by atoms with Crippen molar-refractivity contribution < 1.29 is 38.1 Å². The number of phosphoric ester groups is 1. The van der Waals surface area contributed by atoms with Crippen molar-refractivity contribution in [2.75, 3.05) is 6.73 Å². The Morgan fingerprint density at radius 3 is 1.34 bits per heavy atom. The second-order valence-corrected chi connectivity index (χ2v) is 11.0. The van der Waals surface area contributed by atoms with Crippen LogP contribution in [-0.4, -0.2) is 45.3 Å². The van der Waals surface area contributed by atoms with E-state index in [1.54, 1.807) is 60.7 Å². The average Bonchev–Trinajstić information content (AvgIpc) is 3.49. The fourth-order valence-corrected chi connectivity index (χ4v) is 5.43. The lowest BCUT2D eigenvalue weighted by Gasteiger charge is -2.27. The maximum absolute atomic E-state index is 13.1. The molecular weight excluding hydrogens is 587 g/mol. The number of hydrogen-bond donors (Lipinski definition) is 5.